The van der Waals surface area contributed by atoms with Crippen LogP contribution in [0, 0.1) is 11.8 Å². The summed E-state index contributed by atoms with van der Waals surface area (Å²) >= 11 is 0. The highest BCUT2D eigenvalue weighted by molar-refractivity contribution is 5.82. The number of ketones is 1. The van der Waals surface area contributed by atoms with Crippen molar-refractivity contribution in [3.8, 4) is 0 Å². The van der Waals surface area contributed by atoms with Gasteiger partial charge in [-0.25, -0.2) is 0 Å². The van der Waals surface area contributed by atoms with Crippen molar-refractivity contribution in [3.63, 3.8) is 0 Å². The molecule has 72 valence electrons. The van der Waals surface area contributed by atoms with Crippen molar-refractivity contribution in [1.29, 1.82) is 0 Å². The first-order chi connectivity index (χ1) is 5.49. The molecule has 0 rings (SSSR count). The van der Waals surface area contributed by atoms with Crippen molar-refractivity contribution in [1.82, 2.24) is 0 Å². The summed E-state index contributed by atoms with van der Waals surface area (Å²) in [6.07, 6.45) is 0.803. The average Bonchev–Trinajstić information content (AvgIpc) is 2.02. The number of Topliss-reactive ketones (excluding diaryl/α,β-unsaturated/α-hetero) is 1. The zero-order valence-corrected chi connectivity index (χ0v) is 8.50. The van der Waals surface area contributed by atoms with Crippen LogP contribution in [0.15, 0.2) is 0 Å². The molecule has 12 heavy (non-hydrogen) atoms. The Morgan fingerprint density at radius 2 is 1.75 bits per heavy atom. The van der Waals surface area contributed by atoms with E-state index < -0.39 is 6.10 Å². The normalized spacial score (nSPS) is 18.4. The van der Waals surface area contributed by atoms with Crippen molar-refractivity contribution in [2.24, 2.45) is 11.8 Å². The van der Waals surface area contributed by atoms with Crippen LogP contribution in [-0.2, 0) is 4.79 Å². The van der Waals surface area contributed by atoms with Crippen molar-refractivity contribution < 1.29 is 9.90 Å². The van der Waals surface area contributed by atoms with Crippen LogP contribution in [0.3, 0.4) is 0 Å². The molecule has 1 N–H and O–H groups in total. The molecule has 0 heterocycles. The summed E-state index contributed by atoms with van der Waals surface area (Å²) in [5.41, 5.74) is 0. The number of aliphatic hydroxyl groups is 1. The topological polar surface area (TPSA) is 37.3 Å². The predicted octanol–water partition coefficient (Wildman–Crippen LogP) is 2.01. The van der Waals surface area contributed by atoms with Gasteiger partial charge in [0.25, 0.3) is 0 Å². The molecule has 0 aromatic rings. The molecule has 0 aromatic carbocycles. The highest BCUT2D eigenvalue weighted by atomic mass is 16.3. The first-order valence-corrected chi connectivity index (χ1v) is 4.69. The zero-order valence-electron chi connectivity index (χ0n) is 8.50. The molecule has 0 saturated heterocycles. The second-order valence-electron chi connectivity index (χ2n) is 3.71. The van der Waals surface area contributed by atoms with Gasteiger partial charge in [-0.3, -0.25) is 4.79 Å². The number of carbonyl (C=O) groups is 1. The molecule has 0 aromatic heterocycles. The summed E-state index contributed by atoms with van der Waals surface area (Å²) in [5, 5.41) is 8.97. The largest absolute Gasteiger partial charge is 0.386 e. The first kappa shape index (κ1) is 11.6. The molecule has 0 aliphatic heterocycles. The zero-order chi connectivity index (χ0) is 9.72. The summed E-state index contributed by atoms with van der Waals surface area (Å²) in [7, 11) is 0. The highest BCUT2D eigenvalue weighted by Gasteiger charge is 2.17. The molecule has 0 spiro atoms. The van der Waals surface area contributed by atoms with Crippen molar-refractivity contribution >= 4 is 5.78 Å². The number of aliphatic hydroxyl groups excluding tert-OH is 1. The lowest BCUT2D eigenvalue weighted by molar-refractivity contribution is -0.127. The lowest BCUT2D eigenvalue weighted by Gasteiger charge is -2.17. The third-order valence-electron chi connectivity index (χ3n) is 2.60. The molecule has 0 aliphatic carbocycles. The molecule has 0 amide bonds. The summed E-state index contributed by atoms with van der Waals surface area (Å²) in [4.78, 5) is 11.1. The maximum absolute atomic E-state index is 11.1. The van der Waals surface area contributed by atoms with E-state index in [-0.39, 0.29) is 5.78 Å². The Hall–Kier alpha value is -0.370. The van der Waals surface area contributed by atoms with Crippen LogP contribution in [0.4, 0.5) is 0 Å². The van der Waals surface area contributed by atoms with Crippen LogP contribution in [0.5, 0.6) is 0 Å². The molecular weight excluding hydrogens is 152 g/mol. The molecule has 0 radical (unpaired) electrons. The quantitative estimate of drug-likeness (QED) is 0.688. The standard InChI is InChI=1S/C10H20O2/c1-5-7(2)8(3)6-10(12)9(4)11/h7-9,11H,5-6H2,1-4H3. The van der Waals surface area contributed by atoms with Gasteiger partial charge in [-0.05, 0) is 18.8 Å². The fraction of sp³-hybridized carbons (Fsp3) is 0.900. The average molecular weight is 172 g/mol. The minimum Gasteiger partial charge on any atom is -0.386 e. The van der Waals surface area contributed by atoms with Gasteiger partial charge >= 0.3 is 0 Å². The molecule has 3 unspecified atom stereocenters. The smallest absolute Gasteiger partial charge is 0.161 e. The van der Waals surface area contributed by atoms with Gasteiger partial charge < -0.3 is 5.11 Å². The van der Waals surface area contributed by atoms with Crippen molar-refractivity contribution in [3.05, 3.63) is 0 Å². The molecule has 2 nitrogen and oxygen atoms in total. The summed E-state index contributed by atoms with van der Waals surface area (Å²) in [6, 6.07) is 0. The Bertz CT molecular complexity index is 141. The lowest BCUT2D eigenvalue weighted by atomic mass is 9.88. The Balaban J connectivity index is 3.83. The maximum atomic E-state index is 11.1. The van der Waals surface area contributed by atoms with E-state index in [0.717, 1.165) is 6.42 Å². The summed E-state index contributed by atoms with van der Waals surface area (Å²) in [6.45, 7) is 7.86. The second kappa shape index (κ2) is 5.31. The minimum atomic E-state index is -0.795. The van der Waals surface area contributed by atoms with Crippen LogP contribution < -0.4 is 0 Å². The minimum absolute atomic E-state index is 0.0391. The molecule has 3 atom stereocenters. The Labute approximate surface area is 75.0 Å². The van der Waals surface area contributed by atoms with Crippen LogP contribution in [0.2, 0.25) is 0 Å². The van der Waals surface area contributed by atoms with Gasteiger partial charge in [-0.15, -0.1) is 0 Å². The van der Waals surface area contributed by atoms with E-state index in [0.29, 0.717) is 18.3 Å². The predicted molar refractivity (Wildman–Crippen MR) is 49.9 cm³/mol. The van der Waals surface area contributed by atoms with Crippen LogP contribution in [0.25, 0.3) is 0 Å². The number of carbonyl (C=O) groups excluding carboxylic acids is 1. The first-order valence-electron chi connectivity index (χ1n) is 4.69. The van der Waals surface area contributed by atoms with Gasteiger partial charge in [0, 0.05) is 6.42 Å². The van der Waals surface area contributed by atoms with E-state index >= 15 is 0 Å². The van der Waals surface area contributed by atoms with E-state index in [2.05, 4.69) is 20.8 Å². The van der Waals surface area contributed by atoms with Gasteiger partial charge in [-0.2, -0.15) is 0 Å². The van der Waals surface area contributed by atoms with Gasteiger partial charge in [-0.1, -0.05) is 27.2 Å². The van der Waals surface area contributed by atoms with Crippen LogP contribution >= 0.6 is 0 Å². The molecule has 0 fully saturated rings. The van der Waals surface area contributed by atoms with E-state index in [9.17, 15) is 4.79 Å². The second-order valence-corrected chi connectivity index (χ2v) is 3.71. The Morgan fingerprint density at radius 3 is 2.08 bits per heavy atom. The third kappa shape index (κ3) is 3.86. The fourth-order valence-corrected chi connectivity index (χ4v) is 1.09. The number of rotatable bonds is 5. The number of hydrogen-bond donors (Lipinski definition) is 1. The molecule has 0 bridgehead atoms. The molecular formula is C10H20O2. The maximum Gasteiger partial charge on any atom is 0.161 e. The fourth-order valence-electron chi connectivity index (χ4n) is 1.09. The SMILES string of the molecule is CCC(C)C(C)CC(=O)C(C)O. The van der Waals surface area contributed by atoms with Crippen molar-refractivity contribution in [2.45, 2.75) is 46.6 Å². The van der Waals surface area contributed by atoms with E-state index in [1.54, 1.807) is 0 Å². The number of hydrogen-bond acceptors (Lipinski definition) is 2. The van der Waals surface area contributed by atoms with E-state index in [1.165, 1.54) is 6.92 Å². The Kier molecular flexibility index (Phi) is 5.14. The third-order valence-corrected chi connectivity index (χ3v) is 2.60. The summed E-state index contributed by atoms with van der Waals surface area (Å²) in [5.74, 6) is 0.910. The van der Waals surface area contributed by atoms with Crippen LogP contribution in [0.1, 0.15) is 40.5 Å². The summed E-state index contributed by atoms with van der Waals surface area (Å²) < 4.78 is 0. The van der Waals surface area contributed by atoms with Gasteiger partial charge in [0.2, 0.25) is 0 Å². The van der Waals surface area contributed by atoms with E-state index in [1.807, 2.05) is 0 Å². The molecule has 2 heteroatoms. The van der Waals surface area contributed by atoms with Crippen LogP contribution in [-0.4, -0.2) is 17.0 Å². The highest BCUT2D eigenvalue weighted by Crippen LogP contribution is 2.18. The lowest BCUT2D eigenvalue weighted by Crippen LogP contribution is -2.21. The monoisotopic (exact) mass is 172 g/mol. The van der Waals surface area contributed by atoms with Crippen molar-refractivity contribution in [2.75, 3.05) is 0 Å². The molecule has 0 aliphatic rings. The van der Waals surface area contributed by atoms with Gasteiger partial charge in [0.1, 0.15) is 6.10 Å². The van der Waals surface area contributed by atoms with Gasteiger partial charge in [0.05, 0.1) is 0 Å². The van der Waals surface area contributed by atoms with E-state index in [4.69, 9.17) is 5.11 Å². The Morgan fingerprint density at radius 1 is 1.25 bits per heavy atom. The molecule has 0 saturated carbocycles. The van der Waals surface area contributed by atoms with Gasteiger partial charge in [0.15, 0.2) is 5.78 Å².